The van der Waals surface area contributed by atoms with Gasteiger partial charge in [-0.1, -0.05) is 40.7 Å². The Balaban J connectivity index is 2.06. The summed E-state index contributed by atoms with van der Waals surface area (Å²) in [6.07, 6.45) is 0. The van der Waals surface area contributed by atoms with Gasteiger partial charge in [0.1, 0.15) is 0 Å². The van der Waals surface area contributed by atoms with Crippen molar-refractivity contribution < 1.29 is 0 Å². The highest BCUT2D eigenvalue weighted by atomic mass is 32.1. The van der Waals surface area contributed by atoms with Gasteiger partial charge in [-0.2, -0.15) is 0 Å². The van der Waals surface area contributed by atoms with Crippen molar-refractivity contribution in [1.82, 2.24) is 4.90 Å². The van der Waals surface area contributed by atoms with E-state index in [0.29, 0.717) is 4.32 Å². The van der Waals surface area contributed by atoms with Gasteiger partial charge in [0.15, 0.2) is 0 Å². The quantitative estimate of drug-likeness (QED) is 0.621. The molecule has 0 radical (unpaired) electrons. The molecule has 88 valence electrons. The van der Waals surface area contributed by atoms with E-state index in [-0.39, 0.29) is 0 Å². The van der Waals surface area contributed by atoms with Crippen LogP contribution in [0.25, 0.3) is 0 Å². The van der Waals surface area contributed by atoms with E-state index in [1.165, 1.54) is 10.4 Å². The zero-order valence-corrected chi connectivity index (χ0v) is 11.7. The van der Waals surface area contributed by atoms with E-state index >= 15 is 0 Å². The maximum atomic E-state index is 5.13. The Morgan fingerprint density at radius 1 is 1.12 bits per heavy atom. The highest BCUT2D eigenvalue weighted by Gasteiger charge is 2.04. The molecule has 0 aliphatic heterocycles. The van der Waals surface area contributed by atoms with Crippen LogP contribution in [0.15, 0.2) is 47.8 Å². The lowest BCUT2D eigenvalue weighted by atomic mass is 10.2. The number of benzene rings is 1. The van der Waals surface area contributed by atoms with Gasteiger partial charge in [-0.15, -0.1) is 11.3 Å². The van der Waals surface area contributed by atoms with E-state index in [1.54, 1.807) is 11.3 Å². The molecule has 1 aromatic carbocycles. The van der Waals surface area contributed by atoms with E-state index < -0.39 is 0 Å². The molecule has 0 N–H and O–H groups in total. The number of hydrogen-bond acceptors (Lipinski definition) is 3. The number of rotatable bonds is 4. The van der Waals surface area contributed by atoms with Gasteiger partial charge in [0.2, 0.25) is 0 Å². The molecule has 0 atom stereocenters. The van der Waals surface area contributed by atoms with Gasteiger partial charge in [-0.3, -0.25) is 0 Å². The summed E-state index contributed by atoms with van der Waals surface area (Å²) in [5.74, 6) is 0. The summed E-state index contributed by atoms with van der Waals surface area (Å²) in [6, 6.07) is 14.4. The predicted molar refractivity (Wildman–Crippen MR) is 80.0 cm³/mol. The fourth-order valence-electron chi connectivity index (χ4n) is 1.58. The molecule has 2 aromatic rings. The van der Waals surface area contributed by atoms with Crippen LogP contribution in [0.2, 0.25) is 0 Å². The molecule has 0 saturated heterocycles. The van der Waals surface area contributed by atoms with Gasteiger partial charge >= 0.3 is 0 Å². The second-order valence-electron chi connectivity index (χ2n) is 3.69. The van der Waals surface area contributed by atoms with Crippen LogP contribution in [0.3, 0.4) is 0 Å². The Bertz CT molecular complexity index is 465. The molecule has 17 heavy (non-hydrogen) atoms. The molecular weight excluding hydrogens is 266 g/mol. The summed E-state index contributed by atoms with van der Waals surface area (Å²) < 4.78 is 0.530. The van der Waals surface area contributed by atoms with Crippen molar-refractivity contribution >= 4 is 40.5 Å². The van der Waals surface area contributed by atoms with Crippen LogP contribution in [0, 0.1) is 0 Å². The topological polar surface area (TPSA) is 3.24 Å². The van der Waals surface area contributed by atoms with Crippen molar-refractivity contribution in [3.8, 4) is 0 Å². The fourth-order valence-corrected chi connectivity index (χ4v) is 2.56. The number of thiophene rings is 1. The largest absolute Gasteiger partial charge is 0.411 e. The SMILES string of the molecule is S=C([S-])N(Cc1ccccc1)Cc1cccs1. The lowest BCUT2D eigenvalue weighted by Gasteiger charge is -2.28. The third kappa shape index (κ3) is 3.77. The monoisotopic (exact) mass is 278 g/mol. The smallest absolute Gasteiger partial charge is 0.0511 e. The molecule has 0 bridgehead atoms. The van der Waals surface area contributed by atoms with Crippen LogP contribution in [0.4, 0.5) is 0 Å². The summed E-state index contributed by atoms with van der Waals surface area (Å²) in [5, 5.41) is 2.07. The van der Waals surface area contributed by atoms with Gasteiger partial charge in [0.25, 0.3) is 0 Å². The Morgan fingerprint density at radius 2 is 1.88 bits per heavy atom. The molecular formula is C13H12NS3-. The van der Waals surface area contributed by atoms with Crippen LogP contribution in [0.5, 0.6) is 0 Å². The Morgan fingerprint density at radius 3 is 2.47 bits per heavy atom. The summed E-state index contributed by atoms with van der Waals surface area (Å²) >= 11 is 12.0. The minimum Gasteiger partial charge on any atom is -0.411 e. The molecule has 4 heteroatoms. The molecule has 0 saturated carbocycles. The third-order valence-corrected chi connectivity index (χ3v) is 3.78. The van der Waals surface area contributed by atoms with Gasteiger partial charge in [-0.25, -0.2) is 0 Å². The number of nitrogens with zero attached hydrogens (tertiary/aromatic N) is 1. The van der Waals surface area contributed by atoms with Gasteiger partial charge < -0.3 is 29.7 Å². The average molecular weight is 278 g/mol. The van der Waals surface area contributed by atoms with Crippen LogP contribution < -0.4 is 0 Å². The second-order valence-corrected chi connectivity index (χ2v) is 5.75. The zero-order valence-electron chi connectivity index (χ0n) is 9.20. The molecule has 0 aliphatic rings. The summed E-state index contributed by atoms with van der Waals surface area (Å²) in [7, 11) is 0. The van der Waals surface area contributed by atoms with Crippen molar-refractivity contribution in [3.63, 3.8) is 0 Å². The molecule has 0 fully saturated rings. The Kier molecular flexibility index (Phi) is 4.48. The van der Waals surface area contributed by atoms with Crippen molar-refractivity contribution in [2.75, 3.05) is 0 Å². The maximum Gasteiger partial charge on any atom is 0.0511 e. The minimum atomic E-state index is 0.530. The molecule has 1 heterocycles. The summed E-state index contributed by atoms with van der Waals surface area (Å²) in [6.45, 7) is 1.58. The first kappa shape index (κ1) is 12.5. The molecule has 0 aliphatic carbocycles. The summed E-state index contributed by atoms with van der Waals surface area (Å²) in [4.78, 5) is 3.33. The molecule has 1 aromatic heterocycles. The third-order valence-electron chi connectivity index (χ3n) is 2.40. The number of thiocarbonyl (C=S) groups is 1. The fraction of sp³-hybridized carbons (Fsp3) is 0.154. The first-order valence-corrected chi connectivity index (χ1v) is 6.97. The van der Waals surface area contributed by atoms with Crippen molar-refractivity contribution in [2.24, 2.45) is 0 Å². The van der Waals surface area contributed by atoms with E-state index in [9.17, 15) is 0 Å². The minimum absolute atomic E-state index is 0.530. The van der Waals surface area contributed by atoms with E-state index in [2.05, 4.69) is 23.6 Å². The normalized spacial score (nSPS) is 10.1. The van der Waals surface area contributed by atoms with Crippen molar-refractivity contribution in [3.05, 3.63) is 58.3 Å². The zero-order chi connectivity index (χ0) is 12.1. The maximum absolute atomic E-state index is 5.13. The number of hydrogen-bond donors (Lipinski definition) is 0. The Labute approximate surface area is 116 Å². The van der Waals surface area contributed by atoms with Gasteiger partial charge in [0.05, 0.1) is 6.54 Å². The van der Waals surface area contributed by atoms with Crippen molar-refractivity contribution in [1.29, 1.82) is 0 Å². The van der Waals surface area contributed by atoms with Gasteiger partial charge in [-0.05, 0) is 17.0 Å². The predicted octanol–water partition coefficient (Wildman–Crippen LogP) is 3.58. The van der Waals surface area contributed by atoms with Gasteiger partial charge in [0, 0.05) is 11.4 Å². The van der Waals surface area contributed by atoms with Crippen LogP contribution >= 0.6 is 23.6 Å². The molecule has 0 spiro atoms. The molecule has 0 unspecified atom stereocenters. The van der Waals surface area contributed by atoms with Crippen LogP contribution in [-0.4, -0.2) is 9.22 Å². The highest BCUT2D eigenvalue weighted by molar-refractivity contribution is 8.00. The van der Waals surface area contributed by atoms with E-state index in [0.717, 1.165) is 13.1 Å². The average Bonchev–Trinajstić information content (AvgIpc) is 2.82. The van der Waals surface area contributed by atoms with Crippen LogP contribution in [0.1, 0.15) is 10.4 Å². The second kappa shape index (κ2) is 6.10. The van der Waals surface area contributed by atoms with E-state index in [4.69, 9.17) is 24.8 Å². The lowest BCUT2D eigenvalue weighted by molar-refractivity contribution is 0.425. The lowest BCUT2D eigenvalue weighted by Crippen LogP contribution is -2.26. The summed E-state index contributed by atoms with van der Waals surface area (Å²) in [5.41, 5.74) is 1.23. The molecule has 1 nitrogen and oxygen atoms in total. The van der Waals surface area contributed by atoms with E-state index in [1.807, 2.05) is 29.2 Å². The van der Waals surface area contributed by atoms with Crippen molar-refractivity contribution in [2.45, 2.75) is 13.1 Å². The molecule has 2 rings (SSSR count). The van der Waals surface area contributed by atoms with Crippen LogP contribution in [-0.2, 0) is 25.7 Å². The molecule has 0 amide bonds. The highest BCUT2D eigenvalue weighted by Crippen LogP contribution is 2.14. The first-order valence-electron chi connectivity index (χ1n) is 5.28. The Hall–Kier alpha value is -0.970. The standard InChI is InChI=1S/C13H13NS3/c15-13(16)14(10-12-7-4-8-17-12)9-11-5-2-1-3-6-11/h1-8H,9-10H2,(H,15,16)/p-1. The first-order chi connectivity index (χ1) is 8.25.